The summed E-state index contributed by atoms with van der Waals surface area (Å²) >= 11 is 5.85. The number of carbonyl (C=O) groups excluding carboxylic acids is 2. The smallest absolute Gasteiger partial charge is 0.410 e. The number of rotatable bonds is 2. The second-order valence-electron chi connectivity index (χ2n) is 5.69. The Bertz CT molecular complexity index is 553. The third kappa shape index (κ3) is 3.19. The van der Waals surface area contributed by atoms with Crippen LogP contribution in [0.2, 0.25) is 5.02 Å². The van der Waals surface area contributed by atoms with Gasteiger partial charge in [-0.3, -0.25) is 4.79 Å². The van der Waals surface area contributed by atoms with Crippen molar-refractivity contribution in [1.29, 1.82) is 0 Å². The van der Waals surface area contributed by atoms with Crippen LogP contribution in [0.1, 0.15) is 29.6 Å². The van der Waals surface area contributed by atoms with Crippen molar-refractivity contribution in [3.8, 4) is 0 Å². The molecule has 0 atom stereocenters. The van der Waals surface area contributed by atoms with Gasteiger partial charge < -0.3 is 14.5 Å². The molecule has 118 valence electrons. The molecule has 0 N–H and O–H groups in total. The zero-order valence-electron chi connectivity index (χ0n) is 12.3. The molecule has 2 amide bonds. The predicted octanol–water partition coefficient (Wildman–Crippen LogP) is 2.79. The lowest BCUT2D eigenvalue weighted by molar-refractivity contribution is 0.0357. The van der Waals surface area contributed by atoms with Gasteiger partial charge in [-0.15, -0.1) is 0 Å². The van der Waals surface area contributed by atoms with Crippen molar-refractivity contribution in [3.63, 3.8) is 0 Å². The van der Waals surface area contributed by atoms with Crippen LogP contribution >= 0.6 is 11.6 Å². The SMILES string of the molecule is O=C(c1ccc(Cl)cc1)N1CCC(N2CCCOC2=O)CC1. The second-order valence-corrected chi connectivity index (χ2v) is 6.13. The standard InChI is InChI=1S/C16H19ClN2O3/c17-13-4-2-12(3-5-13)15(20)18-9-6-14(7-10-18)19-8-1-11-22-16(19)21/h2-5,14H,1,6-11H2. The summed E-state index contributed by atoms with van der Waals surface area (Å²) in [5, 5.41) is 0.624. The molecule has 5 nitrogen and oxygen atoms in total. The Hall–Kier alpha value is -1.75. The Morgan fingerprint density at radius 1 is 1.14 bits per heavy atom. The van der Waals surface area contributed by atoms with Crippen LogP contribution in [0.15, 0.2) is 24.3 Å². The van der Waals surface area contributed by atoms with Gasteiger partial charge in [0.2, 0.25) is 0 Å². The van der Waals surface area contributed by atoms with Crippen LogP contribution in [-0.4, -0.2) is 54.1 Å². The van der Waals surface area contributed by atoms with E-state index in [9.17, 15) is 9.59 Å². The number of ether oxygens (including phenoxy) is 1. The first-order valence-electron chi connectivity index (χ1n) is 7.63. The highest BCUT2D eigenvalue weighted by atomic mass is 35.5. The summed E-state index contributed by atoms with van der Waals surface area (Å²) in [6.07, 6.45) is 2.27. The molecule has 0 radical (unpaired) electrons. The second kappa shape index (κ2) is 6.57. The number of halogens is 1. The van der Waals surface area contributed by atoms with Gasteiger partial charge in [-0.05, 0) is 43.5 Å². The summed E-state index contributed by atoms with van der Waals surface area (Å²) in [5.41, 5.74) is 0.653. The third-order valence-electron chi connectivity index (χ3n) is 4.29. The van der Waals surface area contributed by atoms with Gasteiger partial charge in [0.1, 0.15) is 0 Å². The number of amides is 2. The number of piperidine rings is 1. The van der Waals surface area contributed by atoms with Crippen LogP contribution in [0.3, 0.4) is 0 Å². The molecule has 3 rings (SSSR count). The van der Waals surface area contributed by atoms with Gasteiger partial charge in [-0.1, -0.05) is 11.6 Å². The van der Waals surface area contributed by atoms with Crippen molar-refractivity contribution in [2.45, 2.75) is 25.3 Å². The first-order valence-corrected chi connectivity index (χ1v) is 8.01. The number of hydrogen-bond acceptors (Lipinski definition) is 3. The van der Waals surface area contributed by atoms with Gasteiger partial charge in [0.05, 0.1) is 6.61 Å². The van der Waals surface area contributed by atoms with E-state index in [2.05, 4.69) is 0 Å². The summed E-state index contributed by atoms with van der Waals surface area (Å²) < 4.78 is 5.09. The molecule has 0 unspecified atom stereocenters. The van der Waals surface area contributed by atoms with Gasteiger partial charge in [0.25, 0.3) is 5.91 Å². The zero-order chi connectivity index (χ0) is 15.5. The van der Waals surface area contributed by atoms with E-state index in [1.807, 2.05) is 9.80 Å². The lowest BCUT2D eigenvalue weighted by Gasteiger charge is -2.39. The van der Waals surface area contributed by atoms with Crippen LogP contribution in [0, 0.1) is 0 Å². The number of carbonyl (C=O) groups is 2. The Morgan fingerprint density at radius 2 is 1.82 bits per heavy atom. The zero-order valence-corrected chi connectivity index (χ0v) is 13.1. The third-order valence-corrected chi connectivity index (χ3v) is 4.54. The monoisotopic (exact) mass is 322 g/mol. The van der Waals surface area contributed by atoms with Gasteiger partial charge >= 0.3 is 6.09 Å². The summed E-state index contributed by atoms with van der Waals surface area (Å²) in [6, 6.07) is 7.13. The lowest BCUT2D eigenvalue weighted by Crippen LogP contribution is -2.50. The maximum absolute atomic E-state index is 12.4. The van der Waals surface area contributed by atoms with Crippen LogP contribution in [-0.2, 0) is 4.74 Å². The topological polar surface area (TPSA) is 49.9 Å². The maximum Gasteiger partial charge on any atom is 0.410 e. The number of likely N-dealkylation sites (tertiary alicyclic amines) is 1. The molecule has 0 bridgehead atoms. The Balaban J connectivity index is 1.58. The molecule has 2 fully saturated rings. The van der Waals surface area contributed by atoms with Gasteiger partial charge in [0.15, 0.2) is 0 Å². The summed E-state index contributed by atoms with van der Waals surface area (Å²) in [6.45, 7) is 2.60. The van der Waals surface area contributed by atoms with Crippen molar-refractivity contribution < 1.29 is 14.3 Å². The molecule has 0 aliphatic carbocycles. The molecule has 0 spiro atoms. The van der Waals surface area contributed by atoms with E-state index in [1.54, 1.807) is 24.3 Å². The molecule has 6 heteroatoms. The molecule has 0 saturated carbocycles. The molecular formula is C16H19ClN2O3. The minimum atomic E-state index is -0.214. The highest BCUT2D eigenvalue weighted by molar-refractivity contribution is 6.30. The van der Waals surface area contributed by atoms with Gasteiger partial charge in [-0.25, -0.2) is 4.79 Å². The van der Waals surface area contributed by atoms with Crippen molar-refractivity contribution in [3.05, 3.63) is 34.9 Å². The molecule has 22 heavy (non-hydrogen) atoms. The van der Waals surface area contributed by atoms with Gasteiger partial charge in [-0.2, -0.15) is 0 Å². The highest BCUT2D eigenvalue weighted by Gasteiger charge is 2.32. The van der Waals surface area contributed by atoms with E-state index >= 15 is 0 Å². The number of nitrogens with zero attached hydrogens (tertiary/aromatic N) is 2. The predicted molar refractivity (Wildman–Crippen MR) is 83.0 cm³/mol. The molecule has 1 aromatic carbocycles. The average molecular weight is 323 g/mol. The summed E-state index contributed by atoms with van der Waals surface area (Å²) in [4.78, 5) is 27.9. The number of hydrogen-bond donors (Lipinski definition) is 0. The molecule has 1 aromatic rings. The molecule has 0 aromatic heterocycles. The van der Waals surface area contributed by atoms with Crippen LogP contribution in [0.4, 0.5) is 4.79 Å². The van der Waals surface area contributed by atoms with E-state index in [4.69, 9.17) is 16.3 Å². The van der Waals surface area contributed by atoms with Crippen LogP contribution in [0.5, 0.6) is 0 Å². The highest BCUT2D eigenvalue weighted by Crippen LogP contribution is 2.21. The van der Waals surface area contributed by atoms with Gasteiger partial charge in [0, 0.05) is 36.3 Å². The normalized spacial score (nSPS) is 20.0. The molecule has 2 aliphatic heterocycles. The van der Waals surface area contributed by atoms with Crippen molar-refractivity contribution in [2.24, 2.45) is 0 Å². The van der Waals surface area contributed by atoms with Crippen LogP contribution in [0.25, 0.3) is 0 Å². The molecular weight excluding hydrogens is 304 g/mol. The average Bonchev–Trinajstić information content (AvgIpc) is 2.56. The quantitative estimate of drug-likeness (QED) is 0.841. The Labute approximate surface area is 134 Å². The fraction of sp³-hybridized carbons (Fsp3) is 0.500. The Kier molecular flexibility index (Phi) is 4.52. The fourth-order valence-corrected chi connectivity index (χ4v) is 3.18. The number of benzene rings is 1. The van der Waals surface area contributed by atoms with E-state index in [0.717, 1.165) is 25.8 Å². The number of cyclic esters (lactones) is 1. The first kappa shape index (κ1) is 15.2. The minimum Gasteiger partial charge on any atom is -0.449 e. The van der Waals surface area contributed by atoms with Crippen molar-refractivity contribution in [1.82, 2.24) is 9.80 Å². The molecule has 2 heterocycles. The summed E-state index contributed by atoms with van der Waals surface area (Å²) in [5.74, 6) is 0.0244. The maximum atomic E-state index is 12.4. The minimum absolute atomic E-state index is 0.0244. The largest absolute Gasteiger partial charge is 0.449 e. The Morgan fingerprint density at radius 3 is 2.45 bits per heavy atom. The van der Waals surface area contributed by atoms with E-state index in [1.165, 1.54) is 0 Å². The summed E-state index contributed by atoms with van der Waals surface area (Å²) in [7, 11) is 0. The van der Waals surface area contributed by atoms with E-state index in [-0.39, 0.29) is 18.0 Å². The van der Waals surface area contributed by atoms with E-state index < -0.39 is 0 Å². The lowest BCUT2D eigenvalue weighted by atomic mass is 10.0. The van der Waals surface area contributed by atoms with E-state index in [0.29, 0.717) is 30.3 Å². The first-order chi connectivity index (χ1) is 10.6. The van der Waals surface area contributed by atoms with Crippen LogP contribution < -0.4 is 0 Å². The molecule has 2 saturated heterocycles. The fourth-order valence-electron chi connectivity index (χ4n) is 3.06. The van der Waals surface area contributed by atoms with Crippen molar-refractivity contribution in [2.75, 3.05) is 26.2 Å². The van der Waals surface area contributed by atoms with Crippen molar-refractivity contribution >= 4 is 23.6 Å². The molecule has 2 aliphatic rings.